The first kappa shape index (κ1) is 15.3. The lowest BCUT2D eigenvalue weighted by molar-refractivity contribution is -0.870. The molecule has 0 spiro atoms. The van der Waals surface area contributed by atoms with Gasteiger partial charge in [0.1, 0.15) is 0 Å². The van der Waals surface area contributed by atoms with Gasteiger partial charge in [-0.25, -0.2) is 8.42 Å². The van der Waals surface area contributed by atoms with Gasteiger partial charge >= 0.3 is 0 Å². The topological polar surface area (TPSA) is 57.2 Å². The molecule has 0 aromatic carbocycles. The third-order valence-electron chi connectivity index (χ3n) is 1.22. The van der Waals surface area contributed by atoms with E-state index in [1.807, 2.05) is 35.0 Å². The van der Waals surface area contributed by atoms with Crippen LogP contribution in [0.1, 0.15) is 20.3 Å². The first-order chi connectivity index (χ1) is 5.71. The van der Waals surface area contributed by atoms with Crippen molar-refractivity contribution in [3.8, 4) is 0 Å². The smallest absolute Gasteiger partial charge is 0.0948 e. The summed E-state index contributed by atoms with van der Waals surface area (Å²) in [6, 6.07) is 0. The molecular weight excluding hydrogens is 190 g/mol. The molecule has 0 rings (SSSR count). The molecule has 4 nitrogen and oxygen atoms in total. The van der Waals surface area contributed by atoms with E-state index in [4.69, 9.17) is 0 Å². The summed E-state index contributed by atoms with van der Waals surface area (Å²) in [4.78, 5) is 0. The Balaban J connectivity index is 0. The SMILES string of the molecule is CC.C[N+](C)(C)CCCS(=O)(=O)[O-]. The van der Waals surface area contributed by atoms with E-state index in [9.17, 15) is 13.0 Å². The van der Waals surface area contributed by atoms with Crippen LogP contribution in [0.4, 0.5) is 0 Å². The summed E-state index contributed by atoms with van der Waals surface area (Å²) in [5.41, 5.74) is 0. The quantitative estimate of drug-likeness (QED) is 0.507. The minimum absolute atomic E-state index is 0.248. The van der Waals surface area contributed by atoms with Gasteiger partial charge in [0.2, 0.25) is 0 Å². The average molecular weight is 211 g/mol. The maximum atomic E-state index is 10.2. The summed E-state index contributed by atoms with van der Waals surface area (Å²) in [6.07, 6.45) is 0.440. The summed E-state index contributed by atoms with van der Waals surface area (Å²) >= 11 is 0. The van der Waals surface area contributed by atoms with Crippen molar-refractivity contribution < 1.29 is 17.5 Å². The van der Waals surface area contributed by atoms with Crippen LogP contribution in [0.2, 0.25) is 0 Å². The van der Waals surface area contributed by atoms with Crippen LogP contribution in [0, 0.1) is 0 Å². The lowest BCUT2D eigenvalue weighted by atomic mass is 10.4. The molecule has 0 saturated heterocycles. The average Bonchev–Trinajstić information content (AvgIpc) is 1.86. The maximum absolute atomic E-state index is 10.2. The highest BCUT2D eigenvalue weighted by atomic mass is 32.2. The van der Waals surface area contributed by atoms with Gasteiger partial charge in [-0.2, -0.15) is 0 Å². The van der Waals surface area contributed by atoms with Gasteiger partial charge in [-0.15, -0.1) is 0 Å². The zero-order valence-electron chi connectivity index (χ0n) is 9.20. The van der Waals surface area contributed by atoms with Crippen molar-refractivity contribution in [2.45, 2.75) is 20.3 Å². The molecule has 0 saturated carbocycles. The van der Waals surface area contributed by atoms with Gasteiger partial charge in [-0.1, -0.05) is 13.8 Å². The van der Waals surface area contributed by atoms with Crippen molar-refractivity contribution in [3.63, 3.8) is 0 Å². The normalized spacial score (nSPS) is 11.8. The molecule has 0 radical (unpaired) electrons. The number of nitrogens with zero attached hydrogens (tertiary/aromatic N) is 1. The molecule has 0 N–H and O–H groups in total. The molecule has 0 heterocycles. The Morgan fingerprint density at radius 1 is 1.15 bits per heavy atom. The minimum atomic E-state index is -4.01. The lowest BCUT2D eigenvalue weighted by Crippen LogP contribution is -2.36. The largest absolute Gasteiger partial charge is 0.748 e. The van der Waals surface area contributed by atoms with Crippen molar-refractivity contribution in [2.24, 2.45) is 0 Å². The van der Waals surface area contributed by atoms with Crippen molar-refractivity contribution in [1.82, 2.24) is 0 Å². The van der Waals surface area contributed by atoms with Crippen molar-refractivity contribution in [3.05, 3.63) is 0 Å². The van der Waals surface area contributed by atoms with Crippen LogP contribution in [0.15, 0.2) is 0 Å². The fourth-order valence-electron chi connectivity index (χ4n) is 0.716. The van der Waals surface area contributed by atoms with Crippen LogP contribution in [0.25, 0.3) is 0 Å². The summed E-state index contributed by atoms with van der Waals surface area (Å²) in [7, 11) is 1.86. The second kappa shape index (κ2) is 6.34. The highest BCUT2D eigenvalue weighted by molar-refractivity contribution is 7.85. The summed E-state index contributed by atoms with van der Waals surface area (Å²) in [5.74, 6) is -0.248. The third-order valence-corrected chi connectivity index (χ3v) is 2.01. The molecule has 0 amide bonds. The molecule has 0 atom stereocenters. The molecule has 0 aliphatic carbocycles. The van der Waals surface area contributed by atoms with E-state index in [0.29, 0.717) is 17.4 Å². The monoisotopic (exact) mass is 211 g/mol. The van der Waals surface area contributed by atoms with Crippen LogP contribution in [-0.2, 0) is 10.1 Å². The Bertz CT molecular complexity index is 204. The minimum Gasteiger partial charge on any atom is -0.748 e. The zero-order valence-corrected chi connectivity index (χ0v) is 10.0. The standard InChI is InChI=1S/C6H15NO3S.C2H6/c1-7(2,3)5-4-6-11(8,9)10;1-2/h4-6H2,1-3H3;1-2H3. The molecule has 13 heavy (non-hydrogen) atoms. The predicted molar refractivity (Wildman–Crippen MR) is 53.4 cm³/mol. The molecule has 82 valence electrons. The molecule has 0 aliphatic heterocycles. The van der Waals surface area contributed by atoms with Gasteiger partial charge < -0.3 is 9.04 Å². The lowest BCUT2D eigenvalue weighted by Gasteiger charge is -2.23. The molecule has 0 aromatic heterocycles. The first-order valence-electron chi connectivity index (χ1n) is 4.45. The molecule has 0 bridgehead atoms. The van der Waals surface area contributed by atoms with Gasteiger partial charge in [0, 0.05) is 12.2 Å². The van der Waals surface area contributed by atoms with Gasteiger partial charge in [0.15, 0.2) is 0 Å². The molecule has 0 aliphatic rings. The number of quaternary nitrogens is 1. The van der Waals surface area contributed by atoms with E-state index in [0.717, 1.165) is 0 Å². The van der Waals surface area contributed by atoms with Crippen LogP contribution in [0.5, 0.6) is 0 Å². The van der Waals surface area contributed by atoms with Crippen LogP contribution < -0.4 is 0 Å². The van der Waals surface area contributed by atoms with E-state index in [1.165, 1.54) is 0 Å². The molecule has 0 fully saturated rings. The van der Waals surface area contributed by atoms with Crippen molar-refractivity contribution in [2.75, 3.05) is 33.4 Å². The Morgan fingerprint density at radius 3 is 1.77 bits per heavy atom. The first-order valence-corrected chi connectivity index (χ1v) is 6.02. The Labute approximate surface area is 81.9 Å². The van der Waals surface area contributed by atoms with Crippen molar-refractivity contribution >= 4 is 10.1 Å². The van der Waals surface area contributed by atoms with Crippen LogP contribution >= 0.6 is 0 Å². The number of rotatable bonds is 4. The molecular formula is C8H21NO3S. The highest BCUT2D eigenvalue weighted by Crippen LogP contribution is 1.95. The Kier molecular flexibility index (Phi) is 7.49. The number of hydrogen-bond donors (Lipinski definition) is 0. The van der Waals surface area contributed by atoms with E-state index in [-0.39, 0.29) is 5.75 Å². The Hall–Kier alpha value is -0.130. The fourth-order valence-corrected chi connectivity index (χ4v) is 1.20. The van der Waals surface area contributed by atoms with Gasteiger partial charge in [-0.05, 0) is 0 Å². The second-order valence-corrected chi connectivity index (χ2v) is 5.15. The third kappa shape index (κ3) is 18.7. The van der Waals surface area contributed by atoms with E-state index < -0.39 is 10.1 Å². The summed E-state index contributed by atoms with van der Waals surface area (Å²) in [5, 5.41) is 0. The molecule has 0 aromatic rings. The van der Waals surface area contributed by atoms with Gasteiger partial charge in [-0.3, -0.25) is 0 Å². The summed E-state index contributed by atoms with van der Waals surface area (Å²) in [6.45, 7) is 4.71. The highest BCUT2D eigenvalue weighted by Gasteiger charge is 2.06. The van der Waals surface area contributed by atoms with Gasteiger partial charge in [0.05, 0.1) is 37.8 Å². The maximum Gasteiger partial charge on any atom is 0.0948 e. The Morgan fingerprint density at radius 2 is 1.54 bits per heavy atom. The van der Waals surface area contributed by atoms with E-state index in [2.05, 4.69) is 0 Å². The molecule has 0 unspecified atom stereocenters. The predicted octanol–water partition coefficient (Wildman–Crippen LogP) is 0.654. The summed E-state index contributed by atoms with van der Waals surface area (Å²) < 4.78 is 31.2. The van der Waals surface area contributed by atoms with E-state index >= 15 is 0 Å². The molecule has 5 heteroatoms. The van der Waals surface area contributed by atoms with Crippen molar-refractivity contribution in [1.29, 1.82) is 0 Å². The zero-order chi connectivity index (χ0) is 11.1. The van der Waals surface area contributed by atoms with Crippen LogP contribution in [0.3, 0.4) is 0 Å². The second-order valence-electron chi connectivity index (χ2n) is 3.63. The van der Waals surface area contributed by atoms with E-state index in [1.54, 1.807) is 0 Å². The van der Waals surface area contributed by atoms with Gasteiger partial charge in [0.25, 0.3) is 0 Å². The fraction of sp³-hybridized carbons (Fsp3) is 1.00. The number of hydrogen-bond acceptors (Lipinski definition) is 3. The van der Waals surface area contributed by atoms with Crippen LogP contribution in [-0.4, -0.2) is 50.9 Å².